The summed E-state index contributed by atoms with van der Waals surface area (Å²) in [4.78, 5) is 11.2. The fourth-order valence-corrected chi connectivity index (χ4v) is 1.35. The molecule has 0 aromatic heterocycles. The van der Waals surface area contributed by atoms with Crippen LogP contribution in [0.1, 0.15) is 16.8 Å². The van der Waals surface area contributed by atoms with Gasteiger partial charge in [-0.25, -0.2) is 4.79 Å². The molecule has 88 valence electrons. The first-order valence-corrected chi connectivity index (χ1v) is 5.91. The number of carbonyl (C=O) groups is 1. The Hall–Kier alpha value is -1.23. The minimum absolute atomic E-state index is 0.0579. The van der Waals surface area contributed by atoms with Gasteiger partial charge >= 0.3 is 5.97 Å². The SMILES string of the molecule is COC(=O)c1ccc(OCCCBr)c(O)c1. The average Bonchev–Trinajstić information content (AvgIpc) is 2.30. The Morgan fingerprint density at radius 1 is 1.50 bits per heavy atom. The molecule has 0 spiro atoms. The topological polar surface area (TPSA) is 55.8 Å². The zero-order valence-corrected chi connectivity index (χ0v) is 10.5. The van der Waals surface area contributed by atoms with Gasteiger partial charge in [0.2, 0.25) is 0 Å². The number of ether oxygens (including phenoxy) is 2. The molecule has 1 aromatic carbocycles. The van der Waals surface area contributed by atoms with Gasteiger partial charge < -0.3 is 14.6 Å². The van der Waals surface area contributed by atoms with Crippen molar-refractivity contribution in [1.82, 2.24) is 0 Å². The van der Waals surface area contributed by atoms with Gasteiger partial charge in [0.15, 0.2) is 11.5 Å². The van der Waals surface area contributed by atoms with E-state index in [1.54, 1.807) is 12.1 Å². The first kappa shape index (κ1) is 12.8. The van der Waals surface area contributed by atoms with Gasteiger partial charge in [-0.15, -0.1) is 0 Å². The van der Waals surface area contributed by atoms with Crippen LogP contribution >= 0.6 is 15.9 Å². The lowest BCUT2D eigenvalue weighted by molar-refractivity contribution is 0.0600. The fourth-order valence-electron chi connectivity index (χ4n) is 1.12. The number of esters is 1. The molecule has 5 heteroatoms. The molecule has 0 saturated carbocycles. The first-order valence-electron chi connectivity index (χ1n) is 4.79. The second-order valence-electron chi connectivity index (χ2n) is 3.07. The van der Waals surface area contributed by atoms with Crippen molar-refractivity contribution in [1.29, 1.82) is 0 Å². The molecule has 1 N–H and O–H groups in total. The van der Waals surface area contributed by atoms with Crippen molar-refractivity contribution in [3.63, 3.8) is 0 Å². The number of hydrogen-bond donors (Lipinski definition) is 1. The Morgan fingerprint density at radius 2 is 2.25 bits per heavy atom. The summed E-state index contributed by atoms with van der Waals surface area (Å²) in [6.07, 6.45) is 0.845. The van der Waals surface area contributed by atoms with E-state index < -0.39 is 5.97 Å². The van der Waals surface area contributed by atoms with E-state index in [9.17, 15) is 9.90 Å². The van der Waals surface area contributed by atoms with Crippen LogP contribution in [-0.4, -0.2) is 30.1 Å². The molecule has 1 aromatic rings. The Kier molecular flexibility index (Phi) is 5.11. The number of alkyl halides is 1. The van der Waals surface area contributed by atoms with Gasteiger partial charge in [0.05, 0.1) is 19.3 Å². The first-order chi connectivity index (χ1) is 7.69. The Labute approximate surface area is 102 Å². The molecule has 0 fully saturated rings. The second kappa shape index (κ2) is 6.37. The summed E-state index contributed by atoms with van der Waals surface area (Å²) < 4.78 is 9.85. The van der Waals surface area contributed by atoms with Crippen molar-refractivity contribution in [2.24, 2.45) is 0 Å². The zero-order valence-electron chi connectivity index (χ0n) is 8.90. The Morgan fingerprint density at radius 3 is 2.81 bits per heavy atom. The van der Waals surface area contributed by atoms with Crippen LogP contribution in [0.3, 0.4) is 0 Å². The van der Waals surface area contributed by atoms with Crippen molar-refractivity contribution in [2.45, 2.75) is 6.42 Å². The van der Waals surface area contributed by atoms with E-state index in [0.717, 1.165) is 11.8 Å². The molecule has 0 heterocycles. The third-order valence-corrected chi connectivity index (χ3v) is 2.48. The molecular formula is C11H13BrO4. The van der Waals surface area contributed by atoms with Gasteiger partial charge in [0, 0.05) is 5.33 Å². The van der Waals surface area contributed by atoms with Crippen LogP contribution in [-0.2, 0) is 4.74 Å². The highest BCUT2D eigenvalue weighted by Gasteiger charge is 2.09. The van der Waals surface area contributed by atoms with E-state index in [-0.39, 0.29) is 5.75 Å². The second-order valence-corrected chi connectivity index (χ2v) is 3.86. The number of aromatic hydroxyl groups is 1. The monoisotopic (exact) mass is 288 g/mol. The van der Waals surface area contributed by atoms with E-state index >= 15 is 0 Å². The summed E-state index contributed by atoms with van der Waals surface area (Å²) in [5.74, 6) is -0.173. The lowest BCUT2D eigenvalue weighted by Crippen LogP contribution is -2.02. The van der Waals surface area contributed by atoms with Crippen LogP contribution in [0.15, 0.2) is 18.2 Å². The standard InChI is InChI=1S/C11H13BrO4/c1-15-11(14)8-3-4-10(9(13)7-8)16-6-2-5-12/h3-4,7,13H,2,5-6H2,1H3. The number of phenolic OH excluding ortho intramolecular Hbond substituents is 1. The van der Waals surface area contributed by atoms with Crippen molar-refractivity contribution in [2.75, 3.05) is 19.0 Å². The van der Waals surface area contributed by atoms with Crippen LogP contribution < -0.4 is 4.74 Å². The summed E-state index contributed by atoms with van der Waals surface area (Å²) in [5, 5.41) is 10.4. The molecule has 0 saturated heterocycles. The van der Waals surface area contributed by atoms with Gasteiger partial charge in [-0.1, -0.05) is 15.9 Å². The number of hydrogen-bond acceptors (Lipinski definition) is 4. The molecule has 1 rings (SSSR count). The van der Waals surface area contributed by atoms with Crippen molar-refractivity contribution in [3.05, 3.63) is 23.8 Å². The highest BCUT2D eigenvalue weighted by Crippen LogP contribution is 2.27. The highest BCUT2D eigenvalue weighted by atomic mass is 79.9. The number of rotatable bonds is 5. The maximum Gasteiger partial charge on any atom is 0.337 e. The molecule has 0 aliphatic carbocycles. The third-order valence-electron chi connectivity index (χ3n) is 1.92. The third kappa shape index (κ3) is 3.41. The predicted molar refractivity (Wildman–Crippen MR) is 63.4 cm³/mol. The zero-order chi connectivity index (χ0) is 12.0. The highest BCUT2D eigenvalue weighted by molar-refractivity contribution is 9.09. The van der Waals surface area contributed by atoms with Crippen molar-refractivity contribution in [3.8, 4) is 11.5 Å². The van der Waals surface area contributed by atoms with E-state index in [1.807, 2.05) is 0 Å². The maximum atomic E-state index is 11.2. The van der Waals surface area contributed by atoms with Crippen LogP contribution in [0.2, 0.25) is 0 Å². The van der Waals surface area contributed by atoms with Crippen molar-refractivity contribution >= 4 is 21.9 Å². The molecule has 16 heavy (non-hydrogen) atoms. The van der Waals surface area contributed by atoms with Gasteiger partial charge in [0.1, 0.15) is 0 Å². The molecule has 0 unspecified atom stereocenters. The number of phenols is 1. The van der Waals surface area contributed by atoms with E-state index in [1.165, 1.54) is 13.2 Å². The number of benzene rings is 1. The Balaban J connectivity index is 2.71. The van der Waals surface area contributed by atoms with Gasteiger partial charge in [-0.3, -0.25) is 0 Å². The average molecular weight is 289 g/mol. The van der Waals surface area contributed by atoms with E-state index in [4.69, 9.17) is 4.74 Å². The van der Waals surface area contributed by atoms with Crippen LogP contribution in [0, 0.1) is 0 Å². The maximum absolute atomic E-state index is 11.2. The van der Waals surface area contributed by atoms with Crippen LogP contribution in [0.5, 0.6) is 11.5 Å². The predicted octanol–water partition coefficient (Wildman–Crippen LogP) is 2.34. The minimum atomic E-state index is -0.484. The molecule has 0 atom stereocenters. The minimum Gasteiger partial charge on any atom is -0.504 e. The van der Waals surface area contributed by atoms with Gasteiger partial charge in [-0.05, 0) is 24.6 Å². The van der Waals surface area contributed by atoms with Crippen molar-refractivity contribution < 1.29 is 19.4 Å². The van der Waals surface area contributed by atoms with Gasteiger partial charge in [-0.2, -0.15) is 0 Å². The summed E-state index contributed by atoms with van der Waals surface area (Å²) in [7, 11) is 1.29. The van der Waals surface area contributed by atoms with E-state index in [0.29, 0.717) is 17.9 Å². The molecule has 0 aliphatic heterocycles. The molecular weight excluding hydrogens is 276 g/mol. The molecule has 0 radical (unpaired) electrons. The normalized spacial score (nSPS) is 9.88. The fraction of sp³-hybridized carbons (Fsp3) is 0.364. The quantitative estimate of drug-likeness (QED) is 0.513. The Bertz CT molecular complexity index is 365. The van der Waals surface area contributed by atoms with Crippen LogP contribution in [0.4, 0.5) is 0 Å². The molecule has 4 nitrogen and oxygen atoms in total. The summed E-state index contributed by atoms with van der Waals surface area (Å²) in [5.41, 5.74) is 0.299. The summed E-state index contributed by atoms with van der Waals surface area (Å²) >= 11 is 3.28. The van der Waals surface area contributed by atoms with Gasteiger partial charge in [0.25, 0.3) is 0 Å². The smallest absolute Gasteiger partial charge is 0.337 e. The molecule has 0 aliphatic rings. The summed E-state index contributed by atoms with van der Waals surface area (Å²) in [6.45, 7) is 0.510. The lowest BCUT2D eigenvalue weighted by atomic mass is 10.2. The number of carbonyl (C=O) groups excluding carboxylic acids is 1. The molecule has 0 amide bonds. The number of halogens is 1. The summed E-state index contributed by atoms with van der Waals surface area (Å²) in [6, 6.07) is 4.43. The van der Waals surface area contributed by atoms with E-state index in [2.05, 4.69) is 20.7 Å². The molecule has 0 bridgehead atoms. The number of methoxy groups -OCH3 is 1. The van der Waals surface area contributed by atoms with Crippen LogP contribution in [0.25, 0.3) is 0 Å². The lowest BCUT2D eigenvalue weighted by Gasteiger charge is -2.08. The largest absolute Gasteiger partial charge is 0.504 e.